The number of aliphatic carboxylic acids is 1. The van der Waals surface area contributed by atoms with Gasteiger partial charge in [-0.2, -0.15) is 0 Å². The number of carbonyl (C=O) groups excluding carboxylic acids is 1. The Morgan fingerprint density at radius 2 is 2.10 bits per heavy atom. The average Bonchev–Trinajstić information content (AvgIpc) is 2.79. The molecule has 20 heavy (non-hydrogen) atoms. The molecule has 0 saturated carbocycles. The first-order valence-electron chi connectivity index (χ1n) is 6.30. The number of amides is 1. The summed E-state index contributed by atoms with van der Waals surface area (Å²) in [6, 6.07) is 7.41. The SMILES string of the molecule is CCCN(CC(=O)O)C(=O)c1cc2cc(Br)ccc2[nH]1. The van der Waals surface area contributed by atoms with Crippen LogP contribution in [0.25, 0.3) is 10.9 Å². The summed E-state index contributed by atoms with van der Waals surface area (Å²) in [4.78, 5) is 27.5. The molecule has 0 fully saturated rings. The van der Waals surface area contributed by atoms with E-state index in [0.29, 0.717) is 18.7 Å². The molecular formula is C14H15BrN2O3. The molecule has 1 amide bonds. The van der Waals surface area contributed by atoms with Crippen LogP contribution in [0.5, 0.6) is 0 Å². The van der Waals surface area contributed by atoms with E-state index in [-0.39, 0.29) is 12.5 Å². The molecule has 0 saturated heterocycles. The molecule has 2 rings (SSSR count). The molecular weight excluding hydrogens is 324 g/mol. The lowest BCUT2D eigenvalue weighted by Gasteiger charge is -2.18. The van der Waals surface area contributed by atoms with Crippen molar-refractivity contribution >= 4 is 38.7 Å². The van der Waals surface area contributed by atoms with Crippen LogP contribution < -0.4 is 0 Å². The van der Waals surface area contributed by atoms with E-state index in [4.69, 9.17) is 5.11 Å². The van der Waals surface area contributed by atoms with Crippen molar-refractivity contribution in [3.63, 3.8) is 0 Å². The van der Waals surface area contributed by atoms with E-state index in [2.05, 4.69) is 20.9 Å². The van der Waals surface area contributed by atoms with Crippen LogP contribution in [0.3, 0.4) is 0 Å². The molecule has 0 aliphatic carbocycles. The number of carboxylic acids is 1. The molecule has 0 aliphatic heterocycles. The van der Waals surface area contributed by atoms with Crippen LogP contribution in [0.4, 0.5) is 0 Å². The zero-order valence-electron chi connectivity index (χ0n) is 11.0. The van der Waals surface area contributed by atoms with Crippen LogP contribution in [-0.4, -0.2) is 40.0 Å². The van der Waals surface area contributed by atoms with Gasteiger partial charge in [-0.25, -0.2) is 0 Å². The first-order valence-corrected chi connectivity index (χ1v) is 7.10. The lowest BCUT2D eigenvalue weighted by atomic mass is 10.2. The third-order valence-corrected chi connectivity index (χ3v) is 3.41. The minimum atomic E-state index is -1.01. The van der Waals surface area contributed by atoms with Crippen LogP contribution in [0.1, 0.15) is 23.8 Å². The fourth-order valence-corrected chi connectivity index (χ4v) is 2.45. The maximum Gasteiger partial charge on any atom is 0.323 e. The van der Waals surface area contributed by atoms with Gasteiger partial charge < -0.3 is 15.0 Å². The zero-order valence-corrected chi connectivity index (χ0v) is 12.6. The predicted octanol–water partition coefficient (Wildman–Crippen LogP) is 2.87. The molecule has 0 radical (unpaired) electrons. The van der Waals surface area contributed by atoms with Gasteiger partial charge in [-0.3, -0.25) is 9.59 Å². The van der Waals surface area contributed by atoms with E-state index in [0.717, 1.165) is 15.4 Å². The second-order valence-corrected chi connectivity index (χ2v) is 5.45. The van der Waals surface area contributed by atoms with E-state index in [9.17, 15) is 9.59 Å². The van der Waals surface area contributed by atoms with Gasteiger partial charge in [0.1, 0.15) is 12.2 Å². The molecule has 5 nitrogen and oxygen atoms in total. The fourth-order valence-electron chi connectivity index (χ4n) is 2.07. The monoisotopic (exact) mass is 338 g/mol. The third kappa shape index (κ3) is 3.19. The summed E-state index contributed by atoms with van der Waals surface area (Å²) in [6.45, 7) is 2.04. The number of benzene rings is 1. The second-order valence-electron chi connectivity index (χ2n) is 4.54. The highest BCUT2D eigenvalue weighted by atomic mass is 79.9. The van der Waals surface area contributed by atoms with Crippen molar-refractivity contribution in [2.75, 3.05) is 13.1 Å². The van der Waals surface area contributed by atoms with E-state index in [1.807, 2.05) is 25.1 Å². The largest absolute Gasteiger partial charge is 0.480 e. The Morgan fingerprint density at radius 1 is 1.35 bits per heavy atom. The van der Waals surface area contributed by atoms with Gasteiger partial charge in [0.2, 0.25) is 0 Å². The molecule has 0 bridgehead atoms. The lowest BCUT2D eigenvalue weighted by Crippen LogP contribution is -2.36. The van der Waals surface area contributed by atoms with E-state index in [1.54, 1.807) is 6.07 Å². The Balaban J connectivity index is 2.30. The van der Waals surface area contributed by atoms with Gasteiger partial charge in [0.25, 0.3) is 5.91 Å². The number of aromatic nitrogens is 1. The number of halogens is 1. The number of nitrogens with one attached hydrogen (secondary N) is 1. The number of fused-ring (bicyclic) bond motifs is 1. The van der Waals surface area contributed by atoms with Crippen molar-refractivity contribution in [2.45, 2.75) is 13.3 Å². The quantitative estimate of drug-likeness (QED) is 0.880. The van der Waals surface area contributed by atoms with Gasteiger partial charge in [0.15, 0.2) is 0 Å². The first kappa shape index (κ1) is 14.6. The lowest BCUT2D eigenvalue weighted by molar-refractivity contribution is -0.137. The Kier molecular flexibility index (Phi) is 4.44. The number of nitrogens with zero attached hydrogens (tertiary/aromatic N) is 1. The molecule has 0 atom stereocenters. The minimum Gasteiger partial charge on any atom is -0.480 e. The van der Waals surface area contributed by atoms with Crippen molar-refractivity contribution in [1.82, 2.24) is 9.88 Å². The van der Waals surface area contributed by atoms with Crippen molar-refractivity contribution < 1.29 is 14.7 Å². The summed E-state index contributed by atoms with van der Waals surface area (Å²) < 4.78 is 0.930. The number of hydrogen-bond donors (Lipinski definition) is 2. The molecule has 0 aliphatic rings. The smallest absolute Gasteiger partial charge is 0.323 e. The van der Waals surface area contributed by atoms with Crippen molar-refractivity contribution in [3.05, 3.63) is 34.4 Å². The van der Waals surface area contributed by atoms with Gasteiger partial charge in [0.05, 0.1) is 0 Å². The van der Waals surface area contributed by atoms with E-state index < -0.39 is 5.97 Å². The zero-order chi connectivity index (χ0) is 14.7. The van der Waals surface area contributed by atoms with Crippen molar-refractivity contribution in [2.24, 2.45) is 0 Å². The molecule has 2 N–H and O–H groups in total. The highest BCUT2D eigenvalue weighted by molar-refractivity contribution is 9.10. The summed E-state index contributed by atoms with van der Waals surface area (Å²) in [5.41, 5.74) is 1.26. The molecule has 106 valence electrons. The average molecular weight is 339 g/mol. The fraction of sp³-hybridized carbons (Fsp3) is 0.286. The van der Waals surface area contributed by atoms with Crippen molar-refractivity contribution in [3.8, 4) is 0 Å². The predicted molar refractivity (Wildman–Crippen MR) is 79.8 cm³/mol. The number of hydrogen-bond acceptors (Lipinski definition) is 2. The summed E-state index contributed by atoms with van der Waals surface area (Å²) >= 11 is 3.38. The second kappa shape index (κ2) is 6.09. The van der Waals surface area contributed by atoms with Crippen LogP contribution in [0.2, 0.25) is 0 Å². The third-order valence-electron chi connectivity index (χ3n) is 2.92. The summed E-state index contributed by atoms with van der Waals surface area (Å²) in [7, 11) is 0. The number of H-pyrrole nitrogens is 1. The van der Waals surface area contributed by atoms with Crippen LogP contribution in [0.15, 0.2) is 28.7 Å². The number of rotatable bonds is 5. The van der Waals surface area contributed by atoms with Gasteiger partial charge in [0, 0.05) is 21.9 Å². The summed E-state index contributed by atoms with van der Waals surface area (Å²) in [5.74, 6) is -1.30. The van der Waals surface area contributed by atoms with Crippen LogP contribution in [0, 0.1) is 0 Å². The van der Waals surface area contributed by atoms with Gasteiger partial charge in [-0.15, -0.1) is 0 Å². The maximum absolute atomic E-state index is 12.3. The normalized spacial score (nSPS) is 10.7. The van der Waals surface area contributed by atoms with Crippen LogP contribution >= 0.6 is 15.9 Å². The number of carbonyl (C=O) groups is 2. The van der Waals surface area contributed by atoms with Gasteiger partial charge in [-0.1, -0.05) is 22.9 Å². The molecule has 0 spiro atoms. The van der Waals surface area contributed by atoms with Gasteiger partial charge in [-0.05, 0) is 30.7 Å². The Hall–Kier alpha value is -1.82. The van der Waals surface area contributed by atoms with E-state index >= 15 is 0 Å². The Bertz CT molecular complexity index is 651. The van der Waals surface area contributed by atoms with Crippen molar-refractivity contribution in [1.29, 1.82) is 0 Å². The molecule has 1 aromatic heterocycles. The highest BCUT2D eigenvalue weighted by Gasteiger charge is 2.19. The molecule has 0 unspecified atom stereocenters. The van der Waals surface area contributed by atoms with Crippen LogP contribution in [-0.2, 0) is 4.79 Å². The standard InChI is InChI=1S/C14H15BrN2O3/c1-2-5-17(8-13(18)19)14(20)12-7-9-6-10(15)3-4-11(9)16-12/h3-4,6-7,16H,2,5,8H2,1H3,(H,18,19). The molecule has 1 heterocycles. The Morgan fingerprint density at radius 3 is 2.75 bits per heavy atom. The first-order chi connectivity index (χ1) is 9.51. The van der Waals surface area contributed by atoms with Gasteiger partial charge >= 0.3 is 5.97 Å². The maximum atomic E-state index is 12.3. The summed E-state index contributed by atoms with van der Waals surface area (Å²) in [6.07, 6.45) is 0.713. The minimum absolute atomic E-state index is 0.286. The Labute approximate surface area is 124 Å². The number of carboxylic acid groups (broad SMARTS) is 1. The topological polar surface area (TPSA) is 73.4 Å². The van der Waals surface area contributed by atoms with E-state index in [1.165, 1.54) is 4.90 Å². The summed E-state index contributed by atoms with van der Waals surface area (Å²) in [5, 5.41) is 9.78. The molecule has 1 aromatic carbocycles. The highest BCUT2D eigenvalue weighted by Crippen LogP contribution is 2.21. The molecule has 2 aromatic rings. The molecule has 6 heteroatoms. The number of aromatic amines is 1.